The standard InChI is InChI=1S/C39H38B2N2O4/c1-26-37(2,3)45-40(44-26)33-25-34(41-46-38(4,5)39(6,7)47-41)32(28-16-20-30(21-17-28)36-13-9-11-23-43-36)24-31(33)27-14-18-29(19-15-27)35-12-8-10-22-42-35/h8-25H,1H2,2-7H3. The molecular weight excluding hydrogens is 582 g/mol. The summed E-state index contributed by atoms with van der Waals surface area (Å²) in [5, 5.41) is 0. The van der Waals surface area contributed by atoms with Crippen LogP contribution in [0, 0.1) is 0 Å². The van der Waals surface area contributed by atoms with Crippen molar-refractivity contribution in [3.05, 3.63) is 122 Å². The second-order valence-electron chi connectivity index (χ2n) is 13.7. The van der Waals surface area contributed by atoms with E-state index >= 15 is 0 Å². The molecule has 0 bridgehead atoms. The van der Waals surface area contributed by atoms with Crippen molar-refractivity contribution < 1.29 is 18.6 Å². The van der Waals surface area contributed by atoms with E-state index in [1.807, 2.05) is 62.6 Å². The van der Waals surface area contributed by atoms with E-state index in [1.165, 1.54) is 0 Å². The fraction of sp³-hybridized carbons (Fsp3) is 0.231. The first-order valence-electron chi connectivity index (χ1n) is 16.0. The van der Waals surface area contributed by atoms with Crippen molar-refractivity contribution in [2.45, 2.75) is 58.3 Å². The summed E-state index contributed by atoms with van der Waals surface area (Å²) in [6, 6.07) is 33.2. The van der Waals surface area contributed by atoms with Crippen LogP contribution in [0.2, 0.25) is 0 Å². The van der Waals surface area contributed by atoms with Gasteiger partial charge in [-0.15, -0.1) is 0 Å². The molecule has 4 heterocycles. The third-order valence-corrected chi connectivity index (χ3v) is 9.62. The van der Waals surface area contributed by atoms with Crippen molar-refractivity contribution >= 4 is 25.2 Å². The lowest BCUT2D eigenvalue weighted by atomic mass is 9.66. The van der Waals surface area contributed by atoms with E-state index < -0.39 is 31.0 Å². The number of pyridine rings is 2. The summed E-state index contributed by atoms with van der Waals surface area (Å²) in [4.78, 5) is 9.08. The van der Waals surface area contributed by atoms with Gasteiger partial charge in [-0.05, 0) is 99.6 Å². The van der Waals surface area contributed by atoms with Crippen LogP contribution >= 0.6 is 0 Å². The van der Waals surface area contributed by atoms with Crippen LogP contribution in [0.3, 0.4) is 0 Å². The van der Waals surface area contributed by atoms with E-state index in [0.717, 1.165) is 55.7 Å². The van der Waals surface area contributed by atoms with Crippen molar-refractivity contribution in [1.29, 1.82) is 0 Å². The Morgan fingerprint density at radius 3 is 1.38 bits per heavy atom. The molecule has 7 rings (SSSR count). The Kier molecular flexibility index (Phi) is 7.71. The molecule has 6 nitrogen and oxygen atoms in total. The molecule has 0 aliphatic carbocycles. The van der Waals surface area contributed by atoms with Crippen LogP contribution in [0.15, 0.2) is 122 Å². The molecule has 5 aromatic rings. The molecule has 0 saturated carbocycles. The van der Waals surface area contributed by atoms with Crippen LogP contribution in [0.25, 0.3) is 44.8 Å². The van der Waals surface area contributed by atoms with Gasteiger partial charge in [-0.2, -0.15) is 0 Å². The van der Waals surface area contributed by atoms with Crippen LogP contribution in [0.1, 0.15) is 41.5 Å². The molecular formula is C39H38B2N2O4. The van der Waals surface area contributed by atoms with Gasteiger partial charge < -0.3 is 18.6 Å². The minimum atomic E-state index is -0.662. The molecule has 0 amide bonds. The second-order valence-corrected chi connectivity index (χ2v) is 13.7. The van der Waals surface area contributed by atoms with Crippen molar-refractivity contribution in [2.75, 3.05) is 0 Å². The Labute approximate surface area is 278 Å². The van der Waals surface area contributed by atoms with Gasteiger partial charge in [0.15, 0.2) is 0 Å². The highest BCUT2D eigenvalue weighted by Gasteiger charge is 2.53. The van der Waals surface area contributed by atoms with E-state index in [1.54, 1.807) is 0 Å². The van der Waals surface area contributed by atoms with Gasteiger partial charge in [0.2, 0.25) is 0 Å². The smallest absolute Gasteiger partial charge is 0.534 e. The first-order chi connectivity index (χ1) is 22.4. The Morgan fingerprint density at radius 1 is 0.532 bits per heavy atom. The molecule has 2 saturated heterocycles. The normalized spacial score (nSPS) is 18.0. The summed E-state index contributed by atoms with van der Waals surface area (Å²) < 4.78 is 26.1. The van der Waals surface area contributed by atoms with Crippen LogP contribution in [0.5, 0.6) is 0 Å². The monoisotopic (exact) mass is 620 g/mol. The molecule has 0 spiro atoms. The average Bonchev–Trinajstić information content (AvgIpc) is 3.48. The highest BCUT2D eigenvalue weighted by Crippen LogP contribution is 2.39. The fourth-order valence-corrected chi connectivity index (χ4v) is 5.96. The zero-order valence-electron chi connectivity index (χ0n) is 27.8. The highest BCUT2D eigenvalue weighted by atomic mass is 16.7. The number of nitrogens with zero attached hydrogens (tertiary/aromatic N) is 2. The minimum Gasteiger partial charge on any atom is -0.534 e. The first kappa shape index (κ1) is 31.1. The lowest BCUT2D eigenvalue weighted by Crippen LogP contribution is -2.43. The van der Waals surface area contributed by atoms with Gasteiger partial charge in [-0.3, -0.25) is 9.97 Å². The Hall–Kier alpha value is -4.49. The predicted molar refractivity (Wildman–Crippen MR) is 190 cm³/mol. The molecule has 0 unspecified atom stereocenters. The van der Waals surface area contributed by atoms with Gasteiger partial charge in [0.05, 0.1) is 28.3 Å². The molecule has 47 heavy (non-hydrogen) atoms. The molecule has 8 heteroatoms. The molecule has 2 fully saturated rings. The molecule has 2 aromatic heterocycles. The summed E-state index contributed by atoms with van der Waals surface area (Å²) in [7, 11) is -1.27. The maximum Gasteiger partial charge on any atom is 0.563 e. The summed E-state index contributed by atoms with van der Waals surface area (Å²) >= 11 is 0. The van der Waals surface area contributed by atoms with Crippen LogP contribution in [0.4, 0.5) is 0 Å². The Morgan fingerprint density at radius 2 is 0.979 bits per heavy atom. The molecule has 2 aliphatic rings. The second kappa shape index (κ2) is 11.6. The van der Waals surface area contributed by atoms with Gasteiger partial charge in [0.1, 0.15) is 5.60 Å². The maximum absolute atomic E-state index is 6.66. The van der Waals surface area contributed by atoms with Crippen LogP contribution in [-0.2, 0) is 18.6 Å². The molecule has 3 aromatic carbocycles. The van der Waals surface area contributed by atoms with Crippen molar-refractivity contribution in [3.63, 3.8) is 0 Å². The first-order valence-corrected chi connectivity index (χ1v) is 16.0. The van der Waals surface area contributed by atoms with Gasteiger partial charge in [0, 0.05) is 29.0 Å². The third kappa shape index (κ3) is 5.82. The number of rotatable bonds is 6. The lowest BCUT2D eigenvalue weighted by Gasteiger charge is -2.32. The summed E-state index contributed by atoms with van der Waals surface area (Å²) in [5.41, 5.74) is 8.06. The summed E-state index contributed by atoms with van der Waals surface area (Å²) in [5.74, 6) is 0.588. The zero-order chi connectivity index (χ0) is 33.0. The van der Waals surface area contributed by atoms with Crippen molar-refractivity contribution in [2.24, 2.45) is 0 Å². The van der Waals surface area contributed by atoms with Gasteiger partial charge >= 0.3 is 14.2 Å². The van der Waals surface area contributed by atoms with E-state index in [4.69, 9.17) is 18.6 Å². The van der Waals surface area contributed by atoms with Crippen LogP contribution in [-0.4, -0.2) is 41.0 Å². The molecule has 2 aliphatic heterocycles. The SMILES string of the molecule is C=C1OB(c2cc(B3OC(C)(C)C(C)(C)O3)c(-c3ccc(-c4ccccn4)cc3)cc2-c2ccc(-c3ccccn3)cc2)OC1(C)C. The topological polar surface area (TPSA) is 62.7 Å². The lowest BCUT2D eigenvalue weighted by molar-refractivity contribution is 0.00578. The maximum atomic E-state index is 6.66. The largest absolute Gasteiger partial charge is 0.563 e. The van der Waals surface area contributed by atoms with Gasteiger partial charge in [-0.1, -0.05) is 73.3 Å². The molecule has 234 valence electrons. The van der Waals surface area contributed by atoms with Crippen molar-refractivity contribution in [1.82, 2.24) is 9.97 Å². The van der Waals surface area contributed by atoms with Crippen molar-refractivity contribution in [3.8, 4) is 44.8 Å². The number of aromatic nitrogens is 2. The molecule has 0 radical (unpaired) electrons. The third-order valence-electron chi connectivity index (χ3n) is 9.62. The number of hydrogen-bond donors (Lipinski definition) is 0. The Bertz CT molecular complexity index is 1910. The molecule has 0 atom stereocenters. The van der Waals surface area contributed by atoms with E-state index in [2.05, 4.69) is 105 Å². The van der Waals surface area contributed by atoms with E-state index in [-0.39, 0.29) is 0 Å². The van der Waals surface area contributed by atoms with Gasteiger partial charge in [0.25, 0.3) is 0 Å². The van der Waals surface area contributed by atoms with Crippen LogP contribution < -0.4 is 10.9 Å². The highest BCUT2D eigenvalue weighted by molar-refractivity contribution is 6.68. The van der Waals surface area contributed by atoms with Gasteiger partial charge in [-0.25, -0.2) is 0 Å². The fourth-order valence-electron chi connectivity index (χ4n) is 5.96. The predicted octanol–water partition coefficient (Wildman–Crippen LogP) is 7.48. The minimum absolute atomic E-state index is 0.519. The summed E-state index contributed by atoms with van der Waals surface area (Å²) in [6.07, 6.45) is 3.62. The average molecular weight is 620 g/mol. The number of hydrogen-bond acceptors (Lipinski definition) is 6. The quantitative estimate of drug-likeness (QED) is 0.184. The van der Waals surface area contributed by atoms with E-state index in [0.29, 0.717) is 5.76 Å². The molecule has 0 N–H and O–H groups in total. The zero-order valence-corrected chi connectivity index (χ0v) is 27.8. The Balaban J connectivity index is 1.40. The van der Waals surface area contributed by atoms with E-state index in [9.17, 15) is 0 Å². The number of benzene rings is 3. The summed E-state index contributed by atoms with van der Waals surface area (Å²) in [6.45, 7) is 16.4.